The van der Waals surface area contributed by atoms with E-state index in [0.29, 0.717) is 6.04 Å². The van der Waals surface area contributed by atoms with Crippen molar-refractivity contribution in [3.63, 3.8) is 0 Å². The Balaban J connectivity index is 0.00000225. The molecular weight excluding hydrogens is 425 g/mol. The zero-order chi connectivity index (χ0) is 16.6. The summed E-state index contributed by atoms with van der Waals surface area (Å²) >= 11 is 0. The summed E-state index contributed by atoms with van der Waals surface area (Å²) in [5.41, 5.74) is 2.40. The number of hydrogen-bond donors (Lipinski definition) is 2. The maximum absolute atomic E-state index is 4.34. The molecule has 0 amide bonds. The summed E-state index contributed by atoms with van der Waals surface area (Å²) in [7, 11) is 1.84. The molecule has 0 bridgehead atoms. The first-order chi connectivity index (χ1) is 11.8. The molecule has 1 fully saturated rings. The molecular formula is C19H28IN5. The minimum absolute atomic E-state index is 0. The van der Waals surface area contributed by atoms with Crippen LogP contribution >= 0.6 is 24.0 Å². The van der Waals surface area contributed by atoms with Crippen LogP contribution in [0, 0.1) is 0 Å². The largest absolute Gasteiger partial charge is 0.356 e. The molecule has 25 heavy (non-hydrogen) atoms. The molecule has 1 saturated carbocycles. The van der Waals surface area contributed by atoms with Crippen molar-refractivity contribution in [3.05, 3.63) is 48.3 Å². The Morgan fingerprint density at radius 3 is 2.60 bits per heavy atom. The van der Waals surface area contributed by atoms with Gasteiger partial charge in [-0.05, 0) is 43.0 Å². The third-order valence-corrected chi connectivity index (χ3v) is 4.58. The van der Waals surface area contributed by atoms with E-state index in [1.54, 1.807) is 6.20 Å². The van der Waals surface area contributed by atoms with Crippen molar-refractivity contribution < 1.29 is 0 Å². The van der Waals surface area contributed by atoms with Crippen LogP contribution in [0.15, 0.2) is 47.7 Å². The number of nitrogens with zero attached hydrogens (tertiary/aromatic N) is 3. The molecule has 0 aliphatic heterocycles. The minimum Gasteiger partial charge on any atom is -0.356 e. The SMILES string of the molecule is CN=C(NCCc1ccc(-n2cccn2)cc1)NC1CCCCC1.I. The van der Waals surface area contributed by atoms with E-state index in [9.17, 15) is 0 Å². The molecule has 6 heteroatoms. The highest BCUT2D eigenvalue weighted by molar-refractivity contribution is 14.0. The van der Waals surface area contributed by atoms with Gasteiger partial charge in [0.2, 0.25) is 0 Å². The zero-order valence-corrected chi connectivity index (χ0v) is 17.1. The molecule has 0 radical (unpaired) electrons. The number of nitrogens with one attached hydrogen (secondary N) is 2. The summed E-state index contributed by atoms with van der Waals surface area (Å²) in [5, 5.41) is 11.2. The fourth-order valence-electron chi connectivity index (χ4n) is 3.20. The Labute approximate surface area is 167 Å². The fraction of sp³-hybridized carbons (Fsp3) is 0.474. The highest BCUT2D eigenvalue weighted by Gasteiger charge is 2.14. The normalized spacial score (nSPS) is 15.5. The van der Waals surface area contributed by atoms with E-state index >= 15 is 0 Å². The Morgan fingerprint density at radius 1 is 1.20 bits per heavy atom. The first kappa shape index (κ1) is 19.8. The van der Waals surface area contributed by atoms with Gasteiger partial charge in [0.25, 0.3) is 0 Å². The third kappa shape index (κ3) is 6.02. The summed E-state index contributed by atoms with van der Waals surface area (Å²) < 4.78 is 1.87. The predicted octanol–water partition coefficient (Wildman–Crippen LogP) is 3.53. The van der Waals surface area contributed by atoms with Gasteiger partial charge in [-0.1, -0.05) is 31.4 Å². The fourth-order valence-corrected chi connectivity index (χ4v) is 3.20. The monoisotopic (exact) mass is 453 g/mol. The summed E-state index contributed by atoms with van der Waals surface area (Å²) in [4.78, 5) is 4.34. The second kappa shape index (κ2) is 10.4. The Morgan fingerprint density at radius 2 is 1.96 bits per heavy atom. The van der Waals surface area contributed by atoms with Crippen LogP contribution in [0.4, 0.5) is 0 Å². The molecule has 0 spiro atoms. The zero-order valence-electron chi connectivity index (χ0n) is 14.8. The highest BCUT2D eigenvalue weighted by atomic mass is 127. The Bertz CT molecular complexity index is 630. The third-order valence-electron chi connectivity index (χ3n) is 4.58. The maximum Gasteiger partial charge on any atom is 0.191 e. The molecule has 1 aromatic heterocycles. The van der Waals surface area contributed by atoms with Gasteiger partial charge in [0.1, 0.15) is 0 Å². The molecule has 5 nitrogen and oxygen atoms in total. The smallest absolute Gasteiger partial charge is 0.191 e. The number of aliphatic imine (C=N–C) groups is 1. The lowest BCUT2D eigenvalue weighted by molar-refractivity contribution is 0.410. The summed E-state index contributed by atoms with van der Waals surface area (Å²) in [6.07, 6.45) is 11.3. The molecule has 3 rings (SSSR count). The van der Waals surface area contributed by atoms with Crippen molar-refractivity contribution in [1.29, 1.82) is 0 Å². The van der Waals surface area contributed by atoms with Crippen LogP contribution in [0.1, 0.15) is 37.7 Å². The molecule has 0 unspecified atom stereocenters. The number of aromatic nitrogens is 2. The number of guanidine groups is 1. The van der Waals surface area contributed by atoms with Gasteiger partial charge >= 0.3 is 0 Å². The lowest BCUT2D eigenvalue weighted by Crippen LogP contribution is -2.44. The molecule has 2 N–H and O–H groups in total. The van der Waals surface area contributed by atoms with Gasteiger partial charge in [0.05, 0.1) is 5.69 Å². The van der Waals surface area contributed by atoms with Crippen LogP contribution in [-0.4, -0.2) is 35.4 Å². The molecule has 0 saturated heterocycles. The predicted molar refractivity (Wildman–Crippen MR) is 114 cm³/mol. The van der Waals surface area contributed by atoms with Crippen molar-refractivity contribution in [1.82, 2.24) is 20.4 Å². The van der Waals surface area contributed by atoms with Crippen LogP contribution in [0.2, 0.25) is 0 Å². The standard InChI is InChI=1S/C19H27N5.HI/c1-20-19(23-17-6-3-2-4-7-17)21-14-12-16-8-10-18(11-9-16)24-15-5-13-22-24;/h5,8-11,13,15,17H,2-4,6-7,12,14H2,1H3,(H2,20,21,23);1H. The van der Waals surface area contributed by atoms with E-state index in [-0.39, 0.29) is 24.0 Å². The second-order valence-electron chi connectivity index (χ2n) is 6.35. The van der Waals surface area contributed by atoms with Crippen molar-refractivity contribution in [2.45, 2.75) is 44.6 Å². The van der Waals surface area contributed by atoms with Gasteiger partial charge < -0.3 is 10.6 Å². The van der Waals surface area contributed by atoms with Gasteiger partial charge in [-0.25, -0.2) is 4.68 Å². The van der Waals surface area contributed by atoms with E-state index in [0.717, 1.165) is 24.6 Å². The molecule has 1 aliphatic rings. The summed E-state index contributed by atoms with van der Waals surface area (Å²) in [5.74, 6) is 0.926. The van der Waals surface area contributed by atoms with Crippen molar-refractivity contribution in [2.75, 3.05) is 13.6 Å². The minimum atomic E-state index is 0. The molecule has 1 aliphatic carbocycles. The molecule has 1 heterocycles. The van der Waals surface area contributed by atoms with Gasteiger partial charge in [0.15, 0.2) is 5.96 Å². The number of hydrogen-bond acceptors (Lipinski definition) is 2. The van der Waals surface area contributed by atoms with Gasteiger partial charge in [0, 0.05) is 32.0 Å². The van der Waals surface area contributed by atoms with Crippen LogP contribution in [0.5, 0.6) is 0 Å². The number of halogens is 1. The Hall–Kier alpha value is -1.57. The quantitative estimate of drug-likeness (QED) is 0.414. The van der Waals surface area contributed by atoms with E-state index in [1.807, 2.05) is 24.0 Å². The lowest BCUT2D eigenvalue weighted by atomic mass is 9.96. The topological polar surface area (TPSA) is 54.2 Å². The average Bonchev–Trinajstić information content (AvgIpc) is 3.17. The maximum atomic E-state index is 4.34. The summed E-state index contributed by atoms with van der Waals surface area (Å²) in [6, 6.07) is 11.1. The number of rotatable bonds is 5. The molecule has 136 valence electrons. The van der Waals surface area contributed by atoms with E-state index in [2.05, 4.69) is 45.0 Å². The average molecular weight is 453 g/mol. The first-order valence-electron chi connectivity index (χ1n) is 8.91. The van der Waals surface area contributed by atoms with Gasteiger partial charge in [-0.3, -0.25) is 4.99 Å². The van der Waals surface area contributed by atoms with Crippen LogP contribution in [0.25, 0.3) is 5.69 Å². The molecule has 0 atom stereocenters. The second-order valence-corrected chi connectivity index (χ2v) is 6.35. The van der Waals surface area contributed by atoms with E-state index < -0.39 is 0 Å². The van der Waals surface area contributed by atoms with E-state index in [1.165, 1.54) is 37.7 Å². The van der Waals surface area contributed by atoms with Crippen LogP contribution < -0.4 is 10.6 Å². The van der Waals surface area contributed by atoms with Crippen LogP contribution in [-0.2, 0) is 6.42 Å². The van der Waals surface area contributed by atoms with Crippen molar-refractivity contribution >= 4 is 29.9 Å². The van der Waals surface area contributed by atoms with Crippen molar-refractivity contribution in [3.8, 4) is 5.69 Å². The van der Waals surface area contributed by atoms with Gasteiger partial charge in [-0.15, -0.1) is 24.0 Å². The first-order valence-corrected chi connectivity index (χ1v) is 8.91. The lowest BCUT2D eigenvalue weighted by Gasteiger charge is -2.24. The van der Waals surface area contributed by atoms with E-state index in [4.69, 9.17) is 0 Å². The molecule has 1 aromatic carbocycles. The Kier molecular flexibility index (Phi) is 8.24. The highest BCUT2D eigenvalue weighted by Crippen LogP contribution is 2.17. The van der Waals surface area contributed by atoms with Gasteiger partial charge in [-0.2, -0.15) is 5.10 Å². The van der Waals surface area contributed by atoms with Crippen molar-refractivity contribution in [2.24, 2.45) is 4.99 Å². The van der Waals surface area contributed by atoms with Crippen LogP contribution in [0.3, 0.4) is 0 Å². The molecule has 2 aromatic rings. The summed E-state index contributed by atoms with van der Waals surface area (Å²) in [6.45, 7) is 0.882. The number of benzene rings is 1.